The summed E-state index contributed by atoms with van der Waals surface area (Å²) in [7, 11) is 0. The van der Waals surface area contributed by atoms with Crippen molar-refractivity contribution in [3.05, 3.63) is 21.3 Å². The Bertz CT molecular complexity index is 345. The summed E-state index contributed by atoms with van der Waals surface area (Å²) in [5.41, 5.74) is 0. The highest BCUT2D eigenvalue weighted by molar-refractivity contribution is 7.10. The van der Waals surface area contributed by atoms with E-state index in [0.717, 1.165) is 35.8 Å². The van der Waals surface area contributed by atoms with Gasteiger partial charge in [0.1, 0.15) is 0 Å². The maximum Gasteiger partial charge on any atom is 0.220 e. The Hall–Kier alpha value is -0.290. The van der Waals surface area contributed by atoms with Crippen LogP contribution < -0.4 is 10.6 Å². The zero-order valence-electron chi connectivity index (χ0n) is 10.5. The Balaban J connectivity index is 0.00000289. The summed E-state index contributed by atoms with van der Waals surface area (Å²) in [5.74, 6) is 0.104. The second-order valence-corrected chi connectivity index (χ2v) is 5.26. The minimum atomic E-state index is 0. The molecular weight excluding hydrogens is 291 g/mol. The normalized spacial score (nSPS) is 9.89. The molecule has 0 atom stereocenters. The molecule has 0 radical (unpaired) electrons. The van der Waals surface area contributed by atoms with Crippen LogP contribution in [-0.2, 0) is 11.2 Å². The summed E-state index contributed by atoms with van der Waals surface area (Å²) < 4.78 is 0. The van der Waals surface area contributed by atoms with E-state index in [9.17, 15) is 4.79 Å². The molecule has 1 rings (SSSR count). The molecule has 1 aromatic heterocycles. The van der Waals surface area contributed by atoms with Crippen LogP contribution in [0, 0.1) is 0 Å². The van der Waals surface area contributed by atoms with Gasteiger partial charge in [0.2, 0.25) is 5.91 Å². The van der Waals surface area contributed by atoms with E-state index in [2.05, 4.69) is 17.6 Å². The fourth-order valence-electron chi connectivity index (χ4n) is 1.40. The summed E-state index contributed by atoms with van der Waals surface area (Å²) in [6, 6.07) is 1.92. The summed E-state index contributed by atoms with van der Waals surface area (Å²) in [6.07, 6.45) is 2.42. The standard InChI is InChI=1S/C12H19ClN2OS.ClH/c1-2-5-14-6-7-15-12(16)4-3-11-8-10(13)9-17-11;/h8-9,14H,2-7H2,1H3,(H,15,16);1H. The Labute approximate surface area is 124 Å². The number of thiophene rings is 1. The highest BCUT2D eigenvalue weighted by Gasteiger charge is 2.03. The molecule has 3 nitrogen and oxygen atoms in total. The molecular formula is C12H20Cl2N2OS. The third-order valence-electron chi connectivity index (χ3n) is 2.27. The lowest BCUT2D eigenvalue weighted by molar-refractivity contribution is -0.121. The number of nitrogens with one attached hydrogen (secondary N) is 2. The average molecular weight is 311 g/mol. The second kappa shape index (κ2) is 10.6. The Morgan fingerprint density at radius 2 is 2.17 bits per heavy atom. The smallest absolute Gasteiger partial charge is 0.220 e. The molecule has 6 heteroatoms. The van der Waals surface area contributed by atoms with Crippen LogP contribution in [0.2, 0.25) is 5.02 Å². The minimum absolute atomic E-state index is 0. The lowest BCUT2D eigenvalue weighted by Crippen LogP contribution is -2.32. The van der Waals surface area contributed by atoms with E-state index in [0.29, 0.717) is 13.0 Å². The average Bonchev–Trinajstić information content (AvgIpc) is 2.72. The SMILES string of the molecule is CCCNCCNC(=O)CCc1cc(Cl)cs1.Cl. The molecule has 0 saturated carbocycles. The van der Waals surface area contributed by atoms with Crippen molar-refractivity contribution in [1.82, 2.24) is 10.6 Å². The molecule has 0 saturated heterocycles. The number of carbonyl (C=O) groups is 1. The van der Waals surface area contributed by atoms with Crippen LogP contribution in [0.5, 0.6) is 0 Å². The fourth-order valence-corrected chi connectivity index (χ4v) is 2.48. The van der Waals surface area contributed by atoms with Crippen molar-refractivity contribution >= 4 is 41.3 Å². The van der Waals surface area contributed by atoms with Gasteiger partial charge >= 0.3 is 0 Å². The molecule has 0 aliphatic carbocycles. The zero-order valence-corrected chi connectivity index (χ0v) is 12.9. The molecule has 0 bridgehead atoms. The first-order chi connectivity index (χ1) is 8.22. The monoisotopic (exact) mass is 310 g/mol. The quantitative estimate of drug-likeness (QED) is 0.725. The van der Waals surface area contributed by atoms with Crippen molar-refractivity contribution < 1.29 is 4.79 Å². The number of halogens is 2. The molecule has 0 aliphatic rings. The second-order valence-electron chi connectivity index (χ2n) is 3.83. The topological polar surface area (TPSA) is 41.1 Å². The van der Waals surface area contributed by atoms with Gasteiger partial charge in [0, 0.05) is 29.8 Å². The van der Waals surface area contributed by atoms with Crippen LogP contribution >= 0.6 is 35.3 Å². The van der Waals surface area contributed by atoms with Crippen LogP contribution in [0.3, 0.4) is 0 Å². The number of amides is 1. The molecule has 0 aromatic carbocycles. The van der Waals surface area contributed by atoms with Gasteiger partial charge < -0.3 is 10.6 Å². The maximum absolute atomic E-state index is 11.5. The maximum atomic E-state index is 11.5. The van der Waals surface area contributed by atoms with E-state index in [1.54, 1.807) is 11.3 Å². The van der Waals surface area contributed by atoms with E-state index in [1.807, 2.05) is 11.4 Å². The van der Waals surface area contributed by atoms with Gasteiger partial charge in [-0.3, -0.25) is 4.79 Å². The van der Waals surface area contributed by atoms with Gasteiger partial charge in [-0.1, -0.05) is 18.5 Å². The van der Waals surface area contributed by atoms with E-state index in [-0.39, 0.29) is 18.3 Å². The van der Waals surface area contributed by atoms with Crippen LogP contribution in [0.4, 0.5) is 0 Å². The summed E-state index contributed by atoms with van der Waals surface area (Å²) >= 11 is 7.41. The van der Waals surface area contributed by atoms with Crippen molar-refractivity contribution in [3.63, 3.8) is 0 Å². The Morgan fingerprint density at radius 3 is 2.78 bits per heavy atom. The Morgan fingerprint density at radius 1 is 1.39 bits per heavy atom. The molecule has 0 fully saturated rings. The molecule has 104 valence electrons. The molecule has 1 aromatic rings. The lowest BCUT2D eigenvalue weighted by Gasteiger charge is -2.05. The van der Waals surface area contributed by atoms with Crippen LogP contribution in [-0.4, -0.2) is 25.5 Å². The van der Waals surface area contributed by atoms with Gasteiger partial charge in [0.15, 0.2) is 0 Å². The largest absolute Gasteiger partial charge is 0.355 e. The third kappa shape index (κ3) is 7.93. The van der Waals surface area contributed by atoms with Crippen molar-refractivity contribution in [2.45, 2.75) is 26.2 Å². The molecule has 0 spiro atoms. The van der Waals surface area contributed by atoms with Gasteiger partial charge in [-0.2, -0.15) is 0 Å². The van der Waals surface area contributed by atoms with Crippen molar-refractivity contribution in [2.75, 3.05) is 19.6 Å². The fraction of sp³-hybridized carbons (Fsp3) is 0.583. The zero-order chi connectivity index (χ0) is 12.5. The predicted molar refractivity (Wildman–Crippen MR) is 81.1 cm³/mol. The molecule has 0 unspecified atom stereocenters. The molecule has 1 amide bonds. The number of rotatable bonds is 8. The number of hydrogen-bond donors (Lipinski definition) is 2. The van der Waals surface area contributed by atoms with Gasteiger partial charge in [-0.15, -0.1) is 23.7 Å². The predicted octanol–water partition coefficient (Wildman–Crippen LogP) is 2.87. The molecule has 0 aliphatic heterocycles. The van der Waals surface area contributed by atoms with E-state index >= 15 is 0 Å². The number of carbonyl (C=O) groups excluding carboxylic acids is 1. The highest BCUT2D eigenvalue weighted by atomic mass is 35.5. The lowest BCUT2D eigenvalue weighted by atomic mass is 10.2. The van der Waals surface area contributed by atoms with Crippen LogP contribution in [0.25, 0.3) is 0 Å². The first-order valence-electron chi connectivity index (χ1n) is 5.92. The van der Waals surface area contributed by atoms with Gasteiger partial charge in [0.25, 0.3) is 0 Å². The van der Waals surface area contributed by atoms with Crippen molar-refractivity contribution in [3.8, 4) is 0 Å². The van der Waals surface area contributed by atoms with Gasteiger partial charge in [-0.25, -0.2) is 0 Å². The first-order valence-corrected chi connectivity index (χ1v) is 7.18. The van der Waals surface area contributed by atoms with Crippen LogP contribution in [0.15, 0.2) is 11.4 Å². The van der Waals surface area contributed by atoms with Crippen molar-refractivity contribution in [2.24, 2.45) is 0 Å². The van der Waals surface area contributed by atoms with Gasteiger partial charge in [-0.05, 0) is 25.5 Å². The summed E-state index contributed by atoms with van der Waals surface area (Å²) in [4.78, 5) is 12.6. The van der Waals surface area contributed by atoms with E-state index in [4.69, 9.17) is 11.6 Å². The third-order valence-corrected chi connectivity index (χ3v) is 3.62. The summed E-state index contributed by atoms with van der Waals surface area (Å²) in [5, 5.41) is 8.78. The Kier molecular flexibility index (Phi) is 10.4. The highest BCUT2D eigenvalue weighted by Crippen LogP contribution is 2.20. The van der Waals surface area contributed by atoms with E-state index in [1.165, 1.54) is 0 Å². The van der Waals surface area contributed by atoms with Crippen LogP contribution in [0.1, 0.15) is 24.6 Å². The summed E-state index contributed by atoms with van der Waals surface area (Å²) in [6.45, 7) is 4.66. The molecule has 1 heterocycles. The number of hydrogen-bond acceptors (Lipinski definition) is 3. The van der Waals surface area contributed by atoms with E-state index < -0.39 is 0 Å². The molecule has 18 heavy (non-hydrogen) atoms. The first kappa shape index (κ1) is 17.7. The molecule has 2 N–H and O–H groups in total. The van der Waals surface area contributed by atoms with Gasteiger partial charge in [0.05, 0.1) is 5.02 Å². The number of aryl methyl sites for hydroxylation is 1. The minimum Gasteiger partial charge on any atom is -0.355 e. The van der Waals surface area contributed by atoms with Crippen molar-refractivity contribution in [1.29, 1.82) is 0 Å².